The lowest BCUT2D eigenvalue weighted by Crippen LogP contribution is -2.27. The van der Waals surface area contributed by atoms with E-state index in [0.29, 0.717) is 12.4 Å². The van der Waals surface area contributed by atoms with Crippen molar-refractivity contribution in [1.82, 2.24) is 20.5 Å². The number of aromatic amines is 2. The van der Waals surface area contributed by atoms with Crippen LogP contribution in [0.15, 0.2) is 24.7 Å². The highest BCUT2D eigenvalue weighted by Gasteiger charge is 2.17. The number of amides is 1. The summed E-state index contributed by atoms with van der Waals surface area (Å²) < 4.78 is 5.21. The van der Waals surface area contributed by atoms with Gasteiger partial charge in [0.05, 0.1) is 6.20 Å². The van der Waals surface area contributed by atoms with Gasteiger partial charge in [-0.2, -0.15) is 5.10 Å². The predicted octanol–water partition coefficient (Wildman–Crippen LogP) is 2.37. The van der Waals surface area contributed by atoms with Crippen LogP contribution in [0.1, 0.15) is 31.9 Å². The van der Waals surface area contributed by atoms with E-state index in [1.54, 1.807) is 6.20 Å². The molecule has 0 unspecified atom stereocenters. The molecule has 2 aromatic rings. The Hall–Kier alpha value is -2.28. The van der Waals surface area contributed by atoms with Gasteiger partial charge in [0.2, 0.25) is 0 Å². The van der Waals surface area contributed by atoms with Gasteiger partial charge in [-0.1, -0.05) is 0 Å². The molecule has 0 saturated carbocycles. The Morgan fingerprint density at radius 3 is 2.86 bits per heavy atom. The van der Waals surface area contributed by atoms with Crippen molar-refractivity contribution in [3.8, 4) is 0 Å². The lowest BCUT2D eigenvalue weighted by molar-refractivity contribution is 0.0635. The number of hydrogen-bond acceptors (Lipinski definition) is 4. The molecule has 0 fully saturated rings. The average molecular weight is 291 g/mol. The fourth-order valence-corrected chi connectivity index (χ4v) is 1.77. The fourth-order valence-electron chi connectivity index (χ4n) is 1.77. The largest absolute Gasteiger partial charge is 0.444 e. The fraction of sp³-hybridized carbons (Fsp3) is 0.429. The first kappa shape index (κ1) is 15.1. The zero-order chi connectivity index (χ0) is 15.3. The van der Waals surface area contributed by atoms with Gasteiger partial charge in [-0.25, -0.2) is 4.79 Å². The summed E-state index contributed by atoms with van der Waals surface area (Å²) in [7, 11) is 0. The van der Waals surface area contributed by atoms with Crippen molar-refractivity contribution in [2.75, 3.05) is 5.32 Å². The molecule has 0 aromatic carbocycles. The third-order valence-electron chi connectivity index (χ3n) is 2.65. The van der Waals surface area contributed by atoms with Crippen molar-refractivity contribution in [3.05, 3.63) is 35.8 Å². The zero-order valence-electron chi connectivity index (χ0n) is 12.5. The monoisotopic (exact) mass is 291 g/mol. The normalized spacial score (nSPS) is 11.4. The Morgan fingerprint density at radius 1 is 1.38 bits per heavy atom. The maximum absolute atomic E-state index is 11.7. The van der Waals surface area contributed by atoms with Crippen LogP contribution >= 0.6 is 0 Å². The summed E-state index contributed by atoms with van der Waals surface area (Å²) in [6.45, 7) is 6.78. The van der Waals surface area contributed by atoms with Crippen molar-refractivity contribution in [2.24, 2.45) is 0 Å². The second kappa shape index (κ2) is 6.45. The predicted molar refractivity (Wildman–Crippen MR) is 79.8 cm³/mol. The van der Waals surface area contributed by atoms with Crippen LogP contribution in [-0.2, 0) is 17.8 Å². The van der Waals surface area contributed by atoms with Crippen LogP contribution in [0.4, 0.5) is 10.6 Å². The van der Waals surface area contributed by atoms with E-state index >= 15 is 0 Å². The van der Waals surface area contributed by atoms with E-state index in [1.165, 1.54) is 5.56 Å². The number of H-pyrrole nitrogens is 2. The molecule has 4 N–H and O–H groups in total. The molecule has 2 rings (SSSR count). The summed E-state index contributed by atoms with van der Waals surface area (Å²) in [6.07, 6.45) is 4.99. The summed E-state index contributed by atoms with van der Waals surface area (Å²) in [6, 6.07) is 2.00. The van der Waals surface area contributed by atoms with E-state index < -0.39 is 11.7 Å². The summed E-state index contributed by atoms with van der Waals surface area (Å²) in [5, 5.41) is 12.6. The van der Waals surface area contributed by atoms with Gasteiger partial charge < -0.3 is 15.0 Å². The number of nitrogens with zero attached hydrogens (tertiary/aromatic N) is 1. The molecule has 0 aliphatic heterocycles. The number of carbonyl (C=O) groups excluding carboxylic acids is 1. The van der Waals surface area contributed by atoms with Crippen molar-refractivity contribution in [2.45, 2.75) is 39.5 Å². The molecule has 0 spiro atoms. The van der Waals surface area contributed by atoms with Crippen molar-refractivity contribution in [1.29, 1.82) is 0 Å². The number of hydrogen-bond donors (Lipinski definition) is 4. The van der Waals surface area contributed by atoms with Gasteiger partial charge in [0.1, 0.15) is 11.4 Å². The lowest BCUT2D eigenvalue weighted by Gasteiger charge is -2.19. The number of carbonyl (C=O) groups is 1. The first-order chi connectivity index (χ1) is 9.94. The molecule has 0 radical (unpaired) electrons. The Kier molecular flexibility index (Phi) is 4.64. The minimum atomic E-state index is -0.531. The Labute approximate surface area is 123 Å². The third kappa shape index (κ3) is 4.96. The van der Waals surface area contributed by atoms with Crippen LogP contribution in [0.25, 0.3) is 0 Å². The number of aromatic nitrogens is 3. The molecule has 114 valence electrons. The first-order valence-corrected chi connectivity index (χ1v) is 6.79. The number of ether oxygens (including phenoxy) is 1. The molecule has 7 heteroatoms. The first-order valence-electron chi connectivity index (χ1n) is 6.79. The second-order valence-electron chi connectivity index (χ2n) is 5.72. The van der Waals surface area contributed by atoms with Crippen LogP contribution in [0.2, 0.25) is 0 Å². The van der Waals surface area contributed by atoms with Gasteiger partial charge in [-0.3, -0.25) is 10.4 Å². The van der Waals surface area contributed by atoms with Crippen LogP contribution in [0, 0.1) is 0 Å². The highest BCUT2D eigenvalue weighted by Crippen LogP contribution is 2.14. The molecular formula is C14H21N5O2. The highest BCUT2D eigenvalue weighted by molar-refractivity contribution is 5.84. The minimum absolute atomic E-state index is 0.501. The van der Waals surface area contributed by atoms with Gasteiger partial charge in [0.25, 0.3) is 0 Å². The van der Waals surface area contributed by atoms with Crippen LogP contribution in [-0.4, -0.2) is 26.9 Å². The molecule has 21 heavy (non-hydrogen) atoms. The molecule has 2 aromatic heterocycles. The summed E-state index contributed by atoms with van der Waals surface area (Å²) >= 11 is 0. The van der Waals surface area contributed by atoms with E-state index in [9.17, 15) is 4.79 Å². The standard InChI is InChI=1S/C14H21N5O2/c1-14(2,3)21-13(20)18-12-11(9-17-19-12)8-16-7-10-4-5-15-6-10/h4-6,9,15-16H,7-8H2,1-3H3,(H2,17,18,19,20). The van der Waals surface area contributed by atoms with E-state index in [4.69, 9.17) is 4.74 Å². The lowest BCUT2D eigenvalue weighted by atomic mass is 10.2. The zero-order valence-corrected chi connectivity index (χ0v) is 12.5. The number of rotatable bonds is 5. The van der Waals surface area contributed by atoms with Crippen LogP contribution < -0.4 is 10.6 Å². The minimum Gasteiger partial charge on any atom is -0.444 e. The summed E-state index contributed by atoms with van der Waals surface area (Å²) in [5.41, 5.74) is 1.51. The van der Waals surface area contributed by atoms with Crippen molar-refractivity contribution < 1.29 is 9.53 Å². The van der Waals surface area contributed by atoms with E-state index in [2.05, 4.69) is 25.8 Å². The SMILES string of the molecule is CC(C)(C)OC(=O)Nc1[nH]ncc1CNCc1cc[nH]c1. The summed E-state index contributed by atoms with van der Waals surface area (Å²) in [5.74, 6) is 0.547. The molecule has 1 amide bonds. The molecule has 0 aliphatic carbocycles. The second-order valence-corrected chi connectivity index (χ2v) is 5.72. The Morgan fingerprint density at radius 2 is 2.19 bits per heavy atom. The molecule has 7 nitrogen and oxygen atoms in total. The topological polar surface area (TPSA) is 94.8 Å². The maximum atomic E-state index is 11.7. The average Bonchev–Trinajstić information content (AvgIpc) is 2.99. The molecule has 0 bridgehead atoms. The molecule has 0 saturated heterocycles. The quantitative estimate of drug-likeness (QED) is 0.680. The van der Waals surface area contributed by atoms with Gasteiger partial charge in [0, 0.05) is 31.0 Å². The van der Waals surface area contributed by atoms with Crippen LogP contribution in [0.5, 0.6) is 0 Å². The van der Waals surface area contributed by atoms with Gasteiger partial charge >= 0.3 is 6.09 Å². The van der Waals surface area contributed by atoms with E-state index in [-0.39, 0.29) is 0 Å². The van der Waals surface area contributed by atoms with E-state index in [0.717, 1.165) is 12.1 Å². The number of anilines is 1. The highest BCUT2D eigenvalue weighted by atomic mass is 16.6. The smallest absolute Gasteiger partial charge is 0.413 e. The van der Waals surface area contributed by atoms with Crippen molar-refractivity contribution >= 4 is 11.9 Å². The molecule has 0 aliphatic rings. The maximum Gasteiger partial charge on any atom is 0.413 e. The van der Waals surface area contributed by atoms with Gasteiger partial charge in [-0.15, -0.1) is 0 Å². The van der Waals surface area contributed by atoms with E-state index in [1.807, 2.05) is 39.2 Å². The third-order valence-corrected chi connectivity index (χ3v) is 2.65. The Bertz CT molecular complexity index is 568. The Balaban J connectivity index is 1.85. The van der Waals surface area contributed by atoms with Gasteiger partial charge in [0.15, 0.2) is 0 Å². The molecule has 0 atom stereocenters. The number of nitrogens with one attached hydrogen (secondary N) is 4. The van der Waals surface area contributed by atoms with Crippen molar-refractivity contribution in [3.63, 3.8) is 0 Å². The summed E-state index contributed by atoms with van der Waals surface area (Å²) in [4.78, 5) is 14.7. The van der Waals surface area contributed by atoms with Crippen LogP contribution in [0.3, 0.4) is 0 Å². The molecule has 2 heterocycles. The van der Waals surface area contributed by atoms with Gasteiger partial charge in [-0.05, 0) is 32.4 Å². The molecular weight excluding hydrogens is 270 g/mol.